The molecule has 0 unspecified atom stereocenters. The van der Waals surface area contributed by atoms with E-state index in [1.807, 2.05) is 0 Å². The quantitative estimate of drug-likeness (QED) is 0.843. The minimum atomic E-state index is -3.86. The van der Waals surface area contributed by atoms with Crippen LogP contribution in [0.4, 0.5) is 5.82 Å². The summed E-state index contributed by atoms with van der Waals surface area (Å²) in [4.78, 5) is 14.4. The van der Waals surface area contributed by atoms with E-state index in [1.165, 1.54) is 24.3 Å². The fraction of sp³-hybridized carbons (Fsp3) is 0. The lowest BCUT2D eigenvalue weighted by atomic mass is 10.5. The maximum Gasteiger partial charge on any atom is 0.345 e. The van der Waals surface area contributed by atoms with Crippen molar-refractivity contribution in [2.24, 2.45) is 0 Å². The lowest BCUT2D eigenvalue weighted by molar-refractivity contribution is 0.0702. The van der Waals surface area contributed by atoms with Crippen molar-refractivity contribution in [3.63, 3.8) is 0 Å². The van der Waals surface area contributed by atoms with Crippen molar-refractivity contribution in [2.45, 2.75) is 4.21 Å². The largest absolute Gasteiger partial charge is 0.477 e. The SMILES string of the molecule is O=C(O)c1ccc(S(=O)(=O)Nc2cccc(Cl)n2)s1. The number of aromatic nitrogens is 1. The molecule has 0 aliphatic rings. The van der Waals surface area contributed by atoms with E-state index in [0.717, 1.165) is 0 Å². The van der Waals surface area contributed by atoms with Crippen LogP contribution in [0.25, 0.3) is 0 Å². The fourth-order valence-corrected chi connectivity index (χ4v) is 3.54. The zero-order valence-corrected chi connectivity index (χ0v) is 11.6. The summed E-state index contributed by atoms with van der Waals surface area (Å²) < 4.78 is 26.1. The van der Waals surface area contributed by atoms with Gasteiger partial charge in [0.25, 0.3) is 10.0 Å². The van der Waals surface area contributed by atoms with Gasteiger partial charge < -0.3 is 5.11 Å². The van der Waals surface area contributed by atoms with Gasteiger partial charge >= 0.3 is 5.97 Å². The number of carbonyl (C=O) groups is 1. The lowest BCUT2D eigenvalue weighted by Crippen LogP contribution is -2.12. The predicted molar refractivity (Wildman–Crippen MR) is 71.3 cm³/mol. The van der Waals surface area contributed by atoms with Crippen LogP contribution in [0.2, 0.25) is 5.15 Å². The molecule has 0 bridgehead atoms. The van der Waals surface area contributed by atoms with Crippen molar-refractivity contribution < 1.29 is 18.3 Å². The normalized spacial score (nSPS) is 11.2. The average molecular weight is 319 g/mol. The number of halogens is 1. The number of aromatic carboxylic acids is 1. The average Bonchev–Trinajstić information content (AvgIpc) is 2.78. The van der Waals surface area contributed by atoms with Crippen LogP contribution >= 0.6 is 22.9 Å². The molecule has 2 heterocycles. The first-order chi connectivity index (χ1) is 8.88. The molecule has 0 saturated carbocycles. The molecule has 0 aromatic carbocycles. The van der Waals surface area contributed by atoms with Gasteiger partial charge in [0.1, 0.15) is 20.1 Å². The Balaban J connectivity index is 2.29. The highest BCUT2D eigenvalue weighted by molar-refractivity contribution is 7.94. The second-order valence-electron chi connectivity index (χ2n) is 3.37. The van der Waals surface area contributed by atoms with Gasteiger partial charge in [-0.25, -0.2) is 18.2 Å². The summed E-state index contributed by atoms with van der Waals surface area (Å²) in [7, 11) is -3.86. The first-order valence-corrected chi connectivity index (χ1v) is 7.55. The Morgan fingerprint density at radius 3 is 2.63 bits per heavy atom. The Bertz CT molecular complexity index is 727. The van der Waals surface area contributed by atoms with Gasteiger partial charge in [-0.3, -0.25) is 4.72 Å². The zero-order valence-electron chi connectivity index (χ0n) is 9.20. The number of sulfonamides is 1. The second kappa shape index (κ2) is 5.16. The Labute approximate surface area is 117 Å². The molecule has 0 spiro atoms. The first-order valence-electron chi connectivity index (χ1n) is 4.87. The van der Waals surface area contributed by atoms with Crippen LogP contribution in [0.3, 0.4) is 0 Å². The Kier molecular flexibility index (Phi) is 3.74. The monoisotopic (exact) mass is 318 g/mol. The van der Waals surface area contributed by atoms with Crippen molar-refractivity contribution >= 4 is 44.7 Å². The number of nitrogens with one attached hydrogen (secondary N) is 1. The minimum absolute atomic E-state index is 0.0561. The van der Waals surface area contributed by atoms with E-state index >= 15 is 0 Å². The molecule has 0 fully saturated rings. The molecule has 6 nitrogen and oxygen atoms in total. The Morgan fingerprint density at radius 1 is 1.32 bits per heavy atom. The Morgan fingerprint density at radius 2 is 2.05 bits per heavy atom. The number of thiophene rings is 1. The van der Waals surface area contributed by atoms with E-state index < -0.39 is 16.0 Å². The highest BCUT2D eigenvalue weighted by Crippen LogP contribution is 2.23. The number of carboxylic acids is 1. The topological polar surface area (TPSA) is 96.4 Å². The summed E-state index contributed by atoms with van der Waals surface area (Å²) in [6.45, 7) is 0. The fourth-order valence-electron chi connectivity index (χ4n) is 1.23. The molecule has 2 aromatic heterocycles. The molecular formula is C10H7ClN2O4S2. The molecule has 2 rings (SSSR count). The first kappa shape index (κ1) is 13.8. The summed E-state index contributed by atoms with van der Waals surface area (Å²) in [6.07, 6.45) is 0. The van der Waals surface area contributed by atoms with Crippen LogP contribution in [-0.2, 0) is 10.0 Å². The molecule has 0 aliphatic carbocycles. The third-order valence-corrected chi connectivity index (χ3v) is 5.14. The van der Waals surface area contributed by atoms with Crippen LogP contribution in [0, 0.1) is 0 Å². The van der Waals surface area contributed by atoms with Crippen molar-refractivity contribution in [3.05, 3.63) is 40.4 Å². The molecule has 2 N–H and O–H groups in total. The van der Waals surface area contributed by atoms with Crippen LogP contribution in [0.1, 0.15) is 9.67 Å². The van der Waals surface area contributed by atoms with Gasteiger partial charge in [-0.05, 0) is 24.3 Å². The third-order valence-electron chi connectivity index (χ3n) is 2.01. The van der Waals surface area contributed by atoms with Gasteiger partial charge in [0.05, 0.1) is 0 Å². The summed E-state index contributed by atoms with van der Waals surface area (Å²) in [5.41, 5.74) is 0. The van der Waals surface area contributed by atoms with Gasteiger partial charge in [-0.15, -0.1) is 11.3 Å². The van der Waals surface area contributed by atoms with Gasteiger partial charge in [0.2, 0.25) is 0 Å². The number of pyridine rings is 1. The minimum Gasteiger partial charge on any atom is -0.477 e. The number of hydrogen-bond donors (Lipinski definition) is 2. The molecule has 0 amide bonds. The molecule has 0 aliphatic heterocycles. The molecule has 0 saturated heterocycles. The highest BCUT2D eigenvalue weighted by atomic mass is 35.5. The smallest absolute Gasteiger partial charge is 0.345 e. The van der Waals surface area contributed by atoms with Crippen LogP contribution in [0.15, 0.2) is 34.5 Å². The van der Waals surface area contributed by atoms with Crippen molar-refractivity contribution in [3.8, 4) is 0 Å². The van der Waals surface area contributed by atoms with Gasteiger partial charge in [0, 0.05) is 0 Å². The van der Waals surface area contributed by atoms with E-state index in [-0.39, 0.29) is 20.1 Å². The lowest BCUT2D eigenvalue weighted by Gasteiger charge is -2.04. The summed E-state index contributed by atoms with van der Waals surface area (Å²) in [5.74, 6) is -1.11. The zero-order chi connectivity index (χ0) is 14.0. The summed E-state index contributed by atoms with van der Waals surface area (Å²) >= 11 is 6.30. The van der Waals surface area contributed by atoms with E-state index in [1.54, 1.807) is 6.07 Å². The number of nitrogens with zero attached hydrogens (tertiary/aromatic N) is 1. The molecule has 2 aromatic rings. The van der Waals surface area contributed by atoms with Crippen LogP contribution < -0.4 is 4.72 Å². The number of rotatable bonds is 4. The van der Waals surface area contributed by atoms with Gasteiger partial charge in [0.15, 0.2) is 0 Å². The van der Waals surface area contributed by atoms with E-state index in [9.17, 15) is 13.2 Å². The third kappa shape index (κ3) is 3.22. The number of anilines is 1. The maximum absolute atomic E-state index is 12.0. The maximum atomic E-state index is 12.0. The molecule has 100 valence electrons. The van der Waals surface area contributed by atoms with Crippen LogP contribution in [0.5, 0.6) is 0 Å². The van der Waals surface area contributed by atoms with E-state index in [0.29, 0.717) is 11.3 Å². The molecule has 19 heavy (non-hydrogen) atoms. The van der Waals surface area contributed by atoms with Gasteiger partial charge in [-0.2, -0.15) is 0 Å². The number of carboxylic acid groups (broad SMARTS) is 1. The Hall–Kier alpha value is -1.64. The van der Waals surface area contributed by atoms with Gasteiger partial charge in [-0.1, -0.05) is 17.7 Å². The molecule has 0 radical (unpaired) electrons. The predicted octanol–water partition coefficient (Wildman–Crippen LogP) is 2.30. The molecule has 0 atom stereocenters. The summed E-state index contributed by atoms with van der Waals surface area (Å²) in [5, 5.41) is 8.91. The van der Waals surface area contributed by atoms with Crippen molar-refractivity contribution in [2.75, 3.05) is 4.72 Å². The second-order valence-corrected chi connectivity index (χ2v) is 6.76. The van der Waals surface area contributed by atoms with Crippen LogP contribution in [-0.4, -0.2) is 24.5 Å². The summed E-state index contributed by atoms with van der Waals surface area (Å²) in [6, 6.07) is 6.94. The standard InChI is InChI=1S/C10H7ClN2O4S2/c11-7-2-1-3-8(12-7)13-19(16,17)9-5-4-6(18-9)10(14)15/h1-5H,(H,12,13)(H,14,15). The molecular weight excluding hydrogens is 312 g/mol. The number of hydrogen-bond acceptors (Lipinski definition) is 5. The van der Waals surface area contributed by atoms with Crippen molar-refractivity contribution in [1.29, 1.82) is 0 Å². The van der Waals surface area contributed by atoms with E-state index in [4.69, 9.17) is 16.7 Å². The van der Waals surface area contributed by atoms with E-state index in [2.05, 4.69) is 9.71 Å². The van der Waals surface area contributed by atoms with Crippen molar-refractivity contribution in [1.82, 2.24) is 4.98 Å². The highest BCUT2D eigenvalue weighted by Gasteiger charge is 2.19. The molecule has 9 heteroatoms.